The highest BCUT2D eigenvalue weighted by atomic mass is 79.9. The molecule has 2 rings (SSSR count). The molecular formula is C14H16BrNO2. The summed E-state index contributed by atoms with van der Waals surface area (Å²) < 4.78 is 12.1. The Balaban J connectivity index is 2.17. The van der Waals surface area contributed by atoms with Crippen LogP contribution in [0.15, 0.2) is 45.5 Å². The zero-order chi connectivity index (χ0) is 13.0. The Kier molecular flexibility index (Phi) is 4.44. The van der Waals surface area contributed by atoms with Crippen LogP contribution in [0, 0.1) is 0 Å². The second-order valence-electron chi connectivity index (χ2n) is 4.06. The van der Waals surface area contributed by atoms with E-state index in [9.17, 15) is 0 Å². The first kappa shape index (κ1) is 13.2. The molecular weight excluding hydrogens is 294 g/mol. The molecule has 4 heteroatoms. The molecule has 0 spiro atoms. The van der Waals surface area contributed by atoms with E-state index in [1.807, 2.05) is 31.3 Å². The Morgan fingerprint density at radius 2 is 2.22 bits per heavy atom. The summed E-state index contributed by atoms with van der Waals surface area (Å²) in [6.07, 6.45) is 1.65. The van der Waals surface area contributed by atoms with Gasteiger partial charge in [-0.2, -0.15) is 0 Å². The molecule has 0 amide bonds. The van der Waals surface area contributed by atoms with E-state index in [1.165, 1.54) is 0 Å². The second-order valence-corrected chi connectivity index (χ2v) is 4.98. The highest BCUT2D eigenvalue weighted by molar-refractivity contribution is 9.10. The van der Waals surface area contributed by atoms with Crippen LogP contribution in [-0.2, 0) is 6.61 Å². The van der Waals surface area contributed by atoms with Crippen LogP contribution < -0.4 is 10.1 Å². The highest BCUT2D eigenvalue weighted by Crippen LogP contribution is 2.29. The summed E-state index contributed by atoms with van der Waals surface area (Å²) in [5.74, 6) is 1.68. The lowest BCUT2D eigenvalue weighted by molar-refractivity contribution is 0.266. The van der Waals surface area contributed by atoms with E-state index in [1.54, 1.807) is 6.26 Å². The number of halogens is 1. The average molecular weight is 310 g/mol. The van der Waals surface area contributed by atoms with Gasteiger partial charge in [0.1, 0.15) is 18.1 Å². The van der Waals surface area contributed by atoms with Crippen molar-refractivity contribution in [1.29, 1.82) is 0 Å². The zero-order valence-corrected chi connectivity index (χ0v) is 12.0. The number of benzene rings is 1. The first-order chi connectivity index (χ1) is 8.70. The maximum absolute atomic E-state index is 5.82. The minimum atomic E-state index is 0.240. The number of nitrogens with one attached hydrogen (secondary N) is 1. The number of rotatable bonds is 5. The van der Waals surface area contributed by atoms with Crippen LogP contribution in [0.5, 0.6) is 5.75 Å². The van der Waals surface area contributed by atoms with E-state index in [0.717, 1.165) is 21.5 Å². The molecule has 0 saturated carbocycles. The Bertz CT molecular complexity index is 497. The lowest BCUT2D eigenvalue weighted by Crippen LogP contribution is -2.13. The molecule has 0 aliphatic carbocycles. The molecule has 1 atom stereocenters. The van der Waals surface area contributed by atoms with Gasteiger partial charge in [0.25, 0.3) is 0 Å². The lowest BCUT2D eigenvalue weighted by atomic mass is 10.1. The molecule has 18 heavy (non-hydrogen) atoms. The third-order valence-corrected chi connectivity index (χ3v) is 3.32. The van der Waals surface area contributed by atoms with Gasteiger partial charge in [-0.1, -0.05) is 22.0 Å². The molecule has 1 N–H and O–H groups in total. The first-order valence-electron chi connectivity index (χ1n) is 5.82. The van der Waals surface area contributed by atoms with Crippen molar-refractivity contribution in [2.75, 3.05) is 7.05 Å². The Labute approximate surface area is 115 Å². The normalized spacial score (nSPS) is 12.4. The standard InChI is InChI=1S/C14H16BrNO2/c1-10(16-2)13-6-5-11(15)8-14(13)18-9-12-4-3-7-17-12/h3-8,10,16H,9H2,1-2H3. The zero-order valence-electron chi connectivity index (χ0n) is 10.4. The lowest BCUT2D eigenvalue weighted by Gasteiger charge is -2.16. The predicted molar refractivity (Wildman–Crippen MR) is 74.7 cm³/mol. The molecule has 1 aromatic heterocycles. The fourth-order valence-electron chi connectivity index (χ4n) is 1.69. The van der Waals surface area contributed by atoms with Gasteiger partial charge in [-0.3, -0.25) is 0 Å². The van der Waals surface area contributed by atoms with E-state index in [-0.39, 0.29) is 6.04 Å². The summed E-state index contributed by atoms with van der Waals surface area (Å²) in [5.41, 5.74) is 1.13. The first-order valence-corrected chi connectivity index (χ1v) is 6.62. The molecule has 0 radical (unpaired) electrons. The fourth-order valence-corrected chi connectivity index (χ4v) is 2.03. The van der Waals surface area contributed by atoms with Crippen molar-refractivity contribution in [2.45, 2.75) is 19.6 Å². The van der Waals surface area contributed by atoms with Gasteiger partial charge in [0.05, 0.1) is 6.26 Å². The van der Waals surface area contributed by atoms with Crippen LogP contribution in [0.1, 0.15) is 24.3 Å². The molecule has 1 aromatic carbocycles. The predicted octanol–water partition coefficient (Wildman–Crippen LogP) is 3.90. The smallest absolute Gasteiger partial charge is 0.146 e. The van der Waals surface area contributed by atoms with E-state index in [0.29, 0.717) is 6.61 Å². The van der Waals surface area contributed by atoms with Gasteiger partial charge >= 0.3 is 0 Å². The van der Waals surface area contributed by atoms with Crippen molar-refractivity contribution in [2.24, 2.45) is 0 Å². The van der Waals surface area contributed by atoms with Crippen LogP contribution in [0.3, 0.4) is 0 Å². The minimum Gasteiger partial charge on any atom is -0.485 e. The number of ether oxygens (including phenoxy) is 1. The largest absolute Gasteiger partial charge is 0.485 e. The third-order valence-electron chi connectivity index (χ3n) is 2.83. The number of furan rings is 1. The molecule has 0 bridgehead atoms. The van der Waals surface area contributed by atoms with Crippen LogP contribution in [0.4, 0.5) is 0 Å². The van der Waals surface area contributed by atoms with E-state index < -0.39 is 0 Å². The monoisotopic (exact) mass is 309 g/mol. The topological polar surface area (TPSA) is 34.4 Å². The molecule has 0 saturated heterocycles. The summed E-state index contributed by atoms with van der Waals surface area (Å²) >= 11 is 3.46. The summed E-state index contributed by atoms with van der Waals surface area (Å²) in [5, 5.41) is 3.22. The van der Waals surface area contributed by atoms with E-state index >= 15 is 0 Å². The van der Waals surface area contributed by atoms with Gasteiger partial charge in [0, 0.05) is 16.1 Å². The number of hydrogen-bond donors (Lipinski definition) is 1. The molecule has 1 unspecified atom stereocenters. The Morgan fingerprint density at radius 3 is 2.89 bits per heavy atom. The van der Waals surface area contributed by atoms with Crippen molar-refractivity contribution in [3.8, 4) is 5.75 Å². The van der Waals surface area contributed by atoms with Gasteiger partial charge in [-0.25, -0.2) is 0 Å². The van der Waals surface area contributed by atoms with Crippen LogP contribution in [-0.4, -0.2) is 7.05 Å². The van der Waals surface area contributed by atoms with Crippen molar-refractivity contribution in [1.82, 2.24) is 5.32 Å². The molecule has 0 fully saturated rings. The second kappa shape index (κ2) is 6.07. The minimum absolute atomic E-state index is 0.240. The maximum atomic E-state index is 5.82. The summed E-state index contributed by atoms with van der Waals surface area (Å²) in [6, 6.07) is 10.1. The SMILES string of the molecule is CNC(C)c1ccc(Br)cc1OCc1ccco1. The van der Waals surface area contributed by atoms with Crippen LogP contribution in [0.25, 0.3) is 0 Å². The molecule has 0 aliphatic rings. The van der Waals surface area contributed by atoms with Gasteiger partial charge < -0.3 is 14.5 Å². The number of hydrogen-bond acceptors (Lipinski definition) is 3. The molecule has 1 heterocycles. The van der Waals surface area contributed by atoms with Crippen molar-refractivity contribution >= 4 is 15.9 Å². The van der Waals surface area contributed by atoms with Crippen LogP contribution >= 0.6 is 15.9 Å². The van der Waals surface area contributed by atoms with Gasteiger partial charge in [0.15, 0.2) is 0 Å². The third kappa shape index (κ3) is 3.15. The summed E-state index contributed by atoms with van der Waals surface area (Å²) in [4.78, 5) is 0. The molecule has 96 valence electrons. The van der Waals surface area contributed by atoms with E-state index in [4.69, 9.17) is 9.15 Å². The van der Waals surface area contributed by atoms with Gasteiger partial charge in [0.2, 0.25) is 0 Å². The summed E-state index contributed by atoms with van der Waals surface area (Å²) in [6.45, 7) is 2.54. The van der Waals surface area contributed by atoms with Gasteiger partial charge in [-0.15, -0.1) is 0 Å². The Hall–Kier alpha value is -1.26. The van der Waals surface area contributed by atoms with Gasteiger partial charge in [-0.05, 0) is 38.2 Å². The molecule has 0 aliphatic heterocycles. The molecule has 2 aromatic rings. The van der Waals surface area contributed by atoms with Crippen molar-refractivity contribution < 1.29 is 9.15 Å². The highest BCUT2D eigenvalue weighted by Gasteiger charge is 2.11. The summed E-state index contributed by atoms with van der Waals surface area (Å²) in [7, 11) is 1.93. The Morgan fingerprint density at radius 1 is 1.39 bits per heavy atom. The quantitative estimate of drug-likeness (QED) is 0.909. The fraction of sp³-hybridized carbons (Fsp3) is 0.286. The maximum Gasteiger partial charge on any atom is 0.146 e. The molecule has 3 nitrogen and oxygen atoms in total. The van der Waals surface area contributed by atoms with Crippen molar-refractivity contribution in [3.05, 3.63) is 52.4 Å². The average Bonchev–Trinajstić information content (AvgIpc) is 2.88. The van der Waals surface area contributed by atoms with Crippen LogP contribution in [0.2, 0.25) is 0 Å². The van der Waals surface area contributed by atoms with Crippen molar-refractivity contribution in [3.63, 3.8) is 0 Å². The van der Waals surface area contributed by atoms with E-state index in [2.05, 4.69) is 34.2 Å².